The fourth-order valence-electron chi connectivity index (χ4n) is 2.87. The van der Waals surface area contributed by atoms with E-state index in [0.29, 0.717) is 19.8 Å². The molecule has 0 amide bonds. The van der Waals surface area contributed by atoms with Gasteiger partial charge in [-0.3, -0.25) is 0 Å². The Balaban J connectivity index is 1.56. The molecule has 0 N–H and O–H groups in total. The number of aromatic nitrogens is 8. The molecule has 0 radical (unpaired) electrons. The van der Waals surface area contributed by atoms with E-state index in [-0.39, 0.29) is 0 Å². The molecule has 35 heavy (non-hydrogen) atoms. The minimum Gasteiger partial charge on any atom is -0.137 e. The van der Waals surface area contributed by atoms with Crippen LogP contribution < -0.4 is 0 Å². The van der Waals surface area contributed by atoms with Crippen LogP contribution in [0.5, 0.6) is 0 Å². The number of nitrogens with zero attached hydrogens (tertiary/aromatic N) is 8. The van der Waals surface area contributed by atoms with E-state index >= 15 is 0 Å². The molecule has 0 unspecified atom stereocenters. The van der Waals surface area contributed by atoms with Crippen molar-refractivity contribution in [3.8, 4) is 0 Å². The van der Waals surface area contributed by atoms with Crippen molar-refractivity contribution in [3.63, 3.8) is 0 Å². The van der Waals surface area contributed by atoms with Gasteiger partial charge in [0.15, 0.2) is 0 Å². The number of hydrogen-bond donors (Lipinski definition) is 0. The average molecular weight is 549 g/mol. The molecule has 8 nitrogen and oxygen atoms in total. The summed E-state index contributed by atoms with van der Waals surface area (Å²) in [6.45, 7) is 0. The summed E-state index contributed by atoms with van der Waals surface area (Å²) >= 11 is 7.36. The van der Waals surface area contributed by atoms with Gasteiger partial charge in [0, 0.05) is 28.2 Å². The molecule has 15 aromatic rings. The predicted octanol–water partition coefficient (Wildman–Crippen LogP) is 6.86. The van der Waals surface area contributed by atoms with E-state index in [1.54, 1.807) is 11.3 Å². The lowest BCUT2D eigenvalue weighted by atomic mass is 10.4. The van der Waals surface area contributed by atoms with Gasteiger partial charge in [-0.05, 0) is 72.8 Å². The van der Waals surface area contributed by atoms with Crippen molar-refractivity contribution in [1.82, 2.24) is 40.8 Å². The summed E-state index contributed by atoms with van der Waals surface area (Å²) in [6.07, 6.45) is 0. The Morgan fingerprint density at radius 2 is 0.429 bits per heavy atom. The molecule has 0 saturated carbocycles. The summed E-state index contributed by atoms with van der Waals surface area (Å²) in [4.78, 5) is 1.99. The van der Waals surface area contributed by atoms with Gasteiger partial charge >= 0.3 is 0 Å². The van der Waals surface area contributed by atoms with Crippen LogP contribution in [0.4, 0.5) is 0 Å². The summed E-state index contributed by atoms with van der Waals surface area (Å²) in [5.74, 6) is 0. The van der Waals surface area contributed by atoms with Crippen LogP contribution in [0.3, 0.4) is 0 Å². The van der Waals surface area contributed by atoms with E-state index < -0.39 is 0 Å². The van der Waals surface area contributed by atoms with Crippen LogP contribution in [-0.2, 0) is 0 Å². The summed E-state index contributed by atoms with van der Waals surface area (Å²) in [5.41, 5.74) is 0. The summed E-state index contributed by atoms with van der Waals surface area (Å²) in [7, 11) is 0. The van der Waals surface area contributed by atoms with Crippen molar-refractivity contribution in [1.29, 1.82) is 0 Å². The van der Waals surface area contributed by atoms with Crippen LogP contribution in [0.2, 0.25) is 0 Å². The number of rotatable bonds is 0. The maximum Gasteiger partial charge on any atom is 0.250 e. The lowest BCUT2D eigenvalue weighted by molar-refractivity contribution is 0.976. The first kappa shape index (κ1) is 22.1. The Kier molecular flexibility index (Phi) is 6.38. The van der Waals surface area contributed by atoms with Gasteiger partial charge in [-0.25, -0.2) is 0 Å². The second-order valence-corrected chi connectivity index (χ2v) is 12.2. The number of hydrogen-bond acceptors (Lipinski definition) is 13. The normalized spacial score (nSPS) is 10.9. The zero-order valence-corrected chi connectivity index (χ0v) is 21.6. The van der Waals surface area contributed by atoms with Crippen LogP contribution in [0, 0.1) is 0 Å². The maximum atomic E-state index is 4.22. The van der Waals surface area contributed by atoms with Crippen molar-refractivity contribution < 1.29 is 0 Å². The summed E-state index contributed by atoms with van der Waals surface area (Å²) in [5, 5.41) is 33.8. The zero-order valence-electron chi connectivity index (χ0n) is 17.5. The second-order valence-electron chi connectivity index (χ2n) is 6.85. The molecule has 0 aliphatic heterocycles. The zero-order chi connectivity index (χ0) is 23.5. The van der Waals surface area contributed by atoms with E-state index in [2.05, 4.69) is 65.1 Å². The Hall–Kier alpha value is -3.36. The molecule has 0 saturated heterocycles. The van der Waals surface area contributed by atoms with Crippen LogP contribution in [0.25, 0.3) is 48.0 Å². The standard InChI is InChI=1S/C22H12N8S5/c1-5-15-6-2-13(1)31-14-3-7-16(8-4-14)33-20-25-29-22(30-26-20)35-18-11-9-17(10-12-18)34-21-27-23-19(32-15)24-28-21/h1-12H. The van der Waals surface area contributed by atoms with Crippen LogP contribution in [0.15, 0.2) is 72.8 Å². The largest absolute Gasteiger partial charge is 0.250 e. The van der Waals surface area contributed by atoms with Crippen molar-refractivity contribution in [2.75, 3.05) is 0 Å². The molecule has 12 aromatic heterocycles. The molecule has 170 valence electrons. The minimum atomic E-state index is 0.489. The quantitative estimate of drug-likeness (QED) is 0.203. The predicted molar refractivity (Wildman–Crippen MR) is 147 cm³/mol. The fourth-order valence-corrected chi connectivity index (χ4v) is 6.27. The Labute approximate surface area is 217 Å². The van der Waals surface area contributed by atoms with E-state index in [0.717, 1.165) is 28.2 Å². The number of benzene rings is 3. The third-order valence-corrected chi connectivity index (χ3v) is 8.86. The van der Waals surface area contributed by atoms with Crippen LogP contribution >= 0.6 is 56.7 Å². The molecular weight excluding hydrogens is 537 g/mol. The third-order valence-electron chi connectivity index (χ3n) is 4.43. The van der Waals surface area contributed by atoms with Crippen molar-refractivity contribution in [2.24, 2.45) is 0 Å². The van der Waals surface area contributed by atoms with Gasteiger partial charge in [0.2, 0.25) is 0 Å². The first-order valence-corrected chi connectivity index (χ1v) is 14.2. The van der Waals surface area contributed by atoms with E-state index in [9.17, 15) is 0 Å². The Morgan fingerprint density at radius 3 is 0.629 bits per heavy atom. The molecular formula is C22H12N8S5. The molecule has 12 heterocycles. The fraction of sp³-hybridized carbons (Fsp3) is 0. The second kappa shape index (κ2) is 10.1. The molecule has 0 aliphatic rings. The molecule has 0 aliphatic carbocycles. The van der Waals surface area contributed by atoms with Gasteiger partial charge in [0.05, 0.1) is 0 Å². The summed E-state index contributed by atoms with van der Waals surface area (Å²) < 4.78 is 6.28. The SMILES string of the molecule is c1cc2ccc1sc1ccc(cc1)sc1nnc(nn1)sc1ccc(cc1)sc1nnc(nn1)s2. The van der Waals surface area contributed by atoms with Crippen molar-refractivity contribution >= 4 is 105 Å². The van der Waals surface area contributed by atoms with E-state index in [1.165, 1.54) is 45.3 Å². The molecule has 0 spiro atoms. The molecule has 3 aromatic carbocycles. The van der Waals surface area contributed by atoms with E-state index in [1.807, 2.05) is 48.5 Å². The molecule has 0 fully saturated rings. The van der Waals surface area contributed by atoms with Gasteiger partial charge in [0.25, 0.3) is 19.8 Å². The average Bonchev–Trinajstić information content (AvgIpc) is 2.89. The van der Waals surface area contributed by atoms with Gasteiger partial charge in [-0.2, -0.15) is 0 Å². The molecule has 0 atom stereocenters. The van der Waals surface area contributed by atoms with Crippen LogP contribution in [0.1, 0.15) is 0 Å². The van der Waals surface area contributed by atoms with Gasteiger partial charge < -0.3 is 0 Å². The highest BCUT2D eigenvalue weighted by Gasteiger charge is 1.95. The Morgan fingerprint density at radius 1 is 0.257 bits per heavy atom. The molecule has 13 heteroatoms. The first-order chi connectivity index (χ1) is 17.2. The maximum absolute atomic E-state index is 4.22. The monoisotopic (exact) mass is 548 g/mol. The highest BCUT2D eigenvalue weighted by Crippen LogP contribution is 2.20. The van der Waals surface area contributed by atoms with Gasteiger partial charge in [0.1, 0.15) is 0 Å². The first-order valence-electron chi connectivity index (χ1n) is 10.1. The highest BCUT2D eigenvalue weighted by atomic mass is 32.1. The minimum absolute atomic E-state index is 0.489. The van der Waals surface area contributed by atoms with Gasteiger partial charge in [-0.1, -0.05) is 45.3 Å². The highest BCUT2D eigenvalue weighted by molar-refractivity contribution is 7.24. The van der Waals surface area contributed by atoms with Gasteiger partial charge in [-0.15, -0.1) is 52.1 Å². The molecule has 15 rings (SSSR count). The lowest BCUT2D eigenvalue weighted by Crippen LogP contribution is -1.87. The topological polar surface area (TPSA) is 103 Å². The molecule has 10 bridgehead atoms. The Bertz CT molecular complexity index is 1350. The summed E-state index contributed by atoms with van der Waals surface area (Å²) in [6, 6.07) is 24.4. The van der Waals surface area contributed by atoms with Crippen molar-refractivity contribution in [3.05, 3.63) is 72.8 Å². The van der Waals surface area contributed by atoms with E-state index in [4.69, 9.17) is 0 Å². The third kappa shape index (κ3) is 5.66. The smallest absolute Gasteiger partial charge is 0.137 e. The van der Waals surface area contributed by atoms with Crippen LogP contribution in [-0.4, -0.2) is 40.8 Å². The van der Waals surface area contributed by atoms with Crippen molar-refractivity contribution in [2.45, 2.75) is 0 Å². The lowest BCUT2D eigenvalue weighted by Gasteiger charge is -1.91.